The monoisotopic (exact) mass is 312 g/mol. The van der Waals surface area contributed by atoms with E-state index in [4.69, 9.17) is 10.8 Å². The zero-order valence-electron chi connectivity index (χ0n) is 11.8. The molecular weight excluding hydrogens is 296 g/mol. The van der Waals surface area contributed by atoms with Crippen molar-refractivity contribution >= 4 is 29.5 Å². The highest BCUT2D eigenvalue weighted by atomic mass is 32.2. The van der Waals surface area contributed by atoms with Crippen molar-refractivity contribution in [1.29, 1.82) is 0 Å². The second kappa shape index (κ2) is 7.02. The van der Waals surface area contributed by atoms with Gasteiger partial charge in [-0.2, -0.15) is 0 Å². The summed E-state index contributed by atoms with van der Waals surface area (Å²) in [6.45, 7) is 3.33. The quantitative estimate of drug-likeness (QED) is 0.492. The fourth-order valence-corrected chi connectivity index (χ4v) is 2.39. The average molecular weight is 312 g/mol. The number of aromatic nitrogens is 2. The number of rotatable bonds is 6. The summed E-state index contributed by atoms with van der Waals surface area (Å²) in [6.07, 6.45) is 1.26. The first-order valence-electron chi connectivity index (χ1n) is 5.97. The first-order chi connectivity index (χ1) is 9.76. The number of aliphatic carboxylic acids is 1. The number of carboxylic acids is 1. The number of carbonyl (C=O) groups is 3. The van der Waals surface area contributed by atoms with Crippen molar-refractivity contribution in [1.82, 2.24) is 15.3 Å². The number of carbonyl (C=O) groups excluding carboxylic acids is 2. The smallest absolute Gasteiger partial charge is 0.326 e. The number of nitrogens with one attached hydrogen (secondary N) is 1. The van der Waals surface area contributed by atoms with Gasteiger partial charge in [-0.25, -0.2) is 14.8 Å². The molecule has 0 unspecified atom stereocenters. The summed E-state index contributed by atoms with van der Waals surface area (Å²) in [4.78, 5) is 42.3. The van der Waals surface area contributed by atoms with E-state index in [1.54, 1.807) is 20.1 Å². The third-order valence-corrected chi connectivity index (χ3v) is 3.28. The van der Waals surface area contributed by atoms with Crippen LogP contribution < -0.4 is 11.1 Å². The largest absolute Gasteiger partial charge is 0.480 e. The molecule has 1 rings (SSSR count). The van der Waals surface area contributed by atoms with Crippen molar-refractivity contribution in [2.75, 3.05) is 6.26 Å². The molecule has 2 amide bonds. The Bertz CT molecular complexity index is 591. The molecule has 0 radical (unpaired) electrons. The van der Waals surface area contributed by atoms with Crippen LogP contribution in [0.25, 0.3) is 0 Å². The number of primary amides is 1. The van der Waals surface area contributed by atoms with Gasteiger partial charge in [-0.3, -0.25) is 9.59 Å². The van der Waals surface area contributed by atoms with Crippen LogP contribution >= 0.6 is 11.8 Å². The van der Waals surface area contributed by atoms with E-state index in [1.807, 2.05) is 0 Å². The van der Waals surface area contributed by atoms with Crippen molar-refractivity contribution in [2.24, 2.45) is 5.73 Å². The van der Waals surface area contributed by atoms with Crippen molar-refractivity contribution in [3.05, 3.63) is 17.1 Å². The Morgan fingerprint density at radius 1 is 1.33 bits per heavy atom. The number of thioether (sulfide) groups is 1. The van der Waals surface area contributed by atoms with Gasteiger partial charge in [-0.05, 0) is 20.1 Å². The van der Waals surface area contributed by atoms with Gasteiger partial charge in [0.05, 0.1) is 17.7 Å². The van der Waals surface area contributed by atoms with Crippen molar-refractivity contribution in [3.63, 3.8) is 0 Å². The molecule has 114 valence electrons. The van der Waals surface area contributed by atoms with E-state index >= 15 is 0 Å². The van der Waals surface area contributed by atoms with Crippen LogP contribution in [0.15, 0.2) is 5.03 Å². The van der Waals surface area contributed by atoms with E-state index in [9.17, 15) is 14.4 Å². The van der Waals surface area contributed by atoms with Crippen LogP contribution in [0, 0.1) is 13.8 Å². The summed E-state index contributed by atoms with van der Waals surface area (Å²) in [5.41, 5.74) is 5.60. The summed E-state index contributed by atoms with van der Waals surface area (Å²) in [6, 6.07) is -1.38. The molecule has 0 saturated carbocycles. The molecular formula is C12H16N4O4S. The number of aryl methyl sites for hydroxylation is 2. The summed E-state index contributed by atoms with van der Waals surface area (Å²) < 4.78 is 0. The number of nitrogens with two attached hydrogens (primary N) is 1. The third kappa shape index (κ3) is 4.42. The predicted molar refractivity (Wildman–Crippen MR) is 76.0 cm³/mol. The maximum absolute atomic E-state index is 12.2. The minimum absolute atomic E-state index is 0.198. The first-order valence-corrected chi connectivity index (χ1v) is 7.20. The van der Waals surface area contributed by atoms with Crippen LogP contribution in [0.5, 0.6) is 0 Å². The lowest BCUT2D eigenvalue weighted by Crippen LogP contribution is -2.43. The van der Waals surface area contributed by atoms with Crippen LogP contribution in [0.1, 0.15) is 28.3 Å². The van der Waals surface area contributed by atoms with E-state index in [1.165, 1.54) is 11.8 Å². The molecule has 0 aliphatic heterocycles. The van der Waals surface area contributed by atoms with Gasteiger partial charge in [0.1, 0.15) is 16.9 Å². The van der Waals surface area contributed by atoms with Gasteiger partial charge in [-0.1, -0.05) is 0 Å². The second-order valence-electron chi connectivity index (χ2n) is 4.28. The maximum atomic E-state index is 12.2. The molecule has 9 heteroatoms. The molecule has 0 aliphatic carbocycles. The maximum Gasteiger partial charge on any atom is 0.326 e. The Balaban J connectivity index is 3.08. The zero-order chi connectivity index (χ0) is 16.2. The van der Waals surface area contributed by atoms with Gasteiger partial charge in [0, 0.05) is 0 Å². The van der Waals surface area contributed by atoms with Crippen molar-refractivity contribution in [3.8, 4) is 0 Å². The highest BCUT2D eigenvalue weighted by molar-refractivity contribution is 7.98. The molecule has 8 nitrogen and oxygen atoms in total. The molecule has 0 bridgehead atoms. The molecule has 1 aromatic heterocycles. The Kier molecular flexibility index (Phi) is 5.65. The zero-order valence-corrected chi connectivity index (χ0v) is 12.7. The van der Waals surface area contributed by atoms with E-state index in [2.05, 4.69) is 15.3 Å². The third-order valence-electron chi connectivity index (χ3n) is 2.60. The van der Waals surface area contributed by atoms with Gasteiger partial charge in [0.15, 0.2) is 0 Å². The standard InChI is InChI=1S/C12H16N4O4S/c1-5-9(11(21-3)15-6(2)14-5)10(18)16-7(12(19)20)4-8(13)17/h7H,4H2,1-3H3,(H2,13,17)(H,16,18)(H,19,20)/t7-/m1/s1. The van der Waals surface area contributed by atoms with Gasteiger partial charge in [-0.15, -0.1) is 11.8 Å². The molecule has 1 heterocycles. The van der Waals surface area contributed by atoms with Crippen LogP contribution in [-0.2, 0) is 9.59 Å². The van der Waals surface area contributed by atoms with E-state index in [0.29, 0.717) is 16.5 Å². The summed E-state index contributed by atoms with van der Waals surface area (Å²) in [7, 11) is 0. The molecule has 1 aromatic rings. The van der Waals surface area contributed by atoms with Crippen molar-refractivity contribution in [2.45, 2.75) is 31.3 Å². The second-order valence-corrected chi connectivity index (χ2v) is 5.07. The number of nitrogens with zero attached hydrogens (tertiary/aromatic N) is 2. The normalized spacial score (nSPS) is 11.8. The van der Waals surface area contributed by atoms with E-state index in [-0.39, 0.29) is 5.56 Å². The Morgan fingerprint density at radius 2 is 1.95 bits per heavy atom. The van der Waals surface area contributed by atoms with Gasteiger partial charge in [0.25, 0.3) is 5.91 Å². The lowest BCUT2D eigenvalue weighted by atomic mass is 10.1. The summed E-state index contributed by atoms with van der Waals surface area (Å²) in [5, 5.41) is 11.7. The van der Waals surface area contributed by atoms with Crippen LogP contribution in [0.2, 0.25) is 0 Å². The lowest BCUT2D eigenvalue weighted by Gasteiger charge is -2.15. The van der Waals surface area contributed by atoms with Crippen LogP contribution in [0.4, 0.5) is 0 Å². The predicted octanol–water partition coefficient (Wildman–Crippen LogP) is -0.126. The first kappa shape index (κ1) is 16.9. The Morgan fingerprint density at radius 3 is 2.43 bits per heavy atom. The topological polar surface area (TPSA) is 135 Å². The molecule has 1 atom stereocenters. The van der Waals surface area contributed by atoms with Crippen LogP contribution in [0.3, 0.4) is 0 Å². The lowest BCUT2D eigenvalue weighted by molar-refractivity contribution is -0.140. The van der Waals surface area contributed by atoms with Crippen molar-refractivity contribution < 1.29 is 19.5 Å². The Labute approximate surface area is 125 Å². The molecule has 4 N–H and O–H groups in total. The molecule has 0 aromatic carbocycles. The average Bonchev–Trinajstić information content (AvgIpc) is 2.35. The fraction of sp³-hybridized carbons (Fsp3) is 0.417. The number of carboxylic acid groups (broad SMARTS) is 1. The van der Waals surface area contributed by atoms with E-state index < -0.39 is 30.2 Å². The van der Waals surface area contributed by atoms with Gasteiger partial charge >= 0.3 is 5.97 Å². The highest BCUT2D eigenvalue weighted by Gasteiger charge is 2.25. The molecule has 0 saturated heterocycles. The SMILES string of the molecule is CSc1nc(C)nc(C)c1C(=O)N[C@H](CC(N)=O)C(=O)O. The molecule has 21 heavy (non-hydrogen) atoms. The fourth-order valence-electron chi connectivity index (χ4n) is 1.72. The minimum atomic E-state index is -1.38. The summed E-state index contributed by atoms with van der Waals surface area (Å²) >= 11 is 1.25. The minimum Gasteiger partial charge on any atom is -0.480 e. The molecule has 0 aliphatic rings. The van der Waals surface area contributed by atoms with Crippen LogP contribution in [-0.4, -0.2) is 45.2 Å². The number of hydrogen-bond acceptors (Lipinski definition) is 6. The van der Waals surface area contributed by atoms with E-state index in [0.717, 1.165) is 0 Å². The Hall–Kier alpha value is -2.16. The number of amides is 2. The number of hydrogen-bond donors (Lipinski definition) is 3. The molecule has 0 spiro atoms. The van der Waals surface area contributed by atoms with Gasteiger partial charge in [0.2, 0.25) is 5.91 Å². The van der Waals surface area contributed by atoms with Gasteiger partial charge < -0.3 is 16.2 Å². The summed E-state index contributed by atoms with van der Waals surface area (Å²) in [5.74, 6) is -2.28. The molecule has 0 fully saturated rings. The highest BCUT2D eigenvalue weighted by Crippen LogP contribution is 2.20.